The maximum absolute atomic E-state index is 12.1. The molecule has 1 rings (SSSR count). The van der Waals surface area contributed by atoms with E-state index >= 15 is 0 Å². The van der Waals surface area contributed by atoms with Crippen LogP contribution in [0.25, 0.3) is 0 Å². The van der Waals surface area contributed by atoms with E-state index in [-0.39, 0.29) is 5.91 Å². The van der Waals surface area contributed by atoms with Gasteiger partial charge in [-0.05, 0) is 53.6 Å². The number of carbonyl (C=O) groups excluding carboxylic acids is 1. The highest BCUT2D eigenvalue weighted by Gasteiger charge is 2.11. The number of rotatable bonds is 5. The average Bonchev–Trinajstić information content (AvgIpc) is 2.32. The van der Waals surface area contributed by atoms with Crippen molar-refractivity contribution in [2.45, 2.75) is 12.8 Å². The van der Waals surface area contributed by atoms with Crippen LogP contribution in [0.1, 0.15) is 23.2 Å². The van der Waals surface area contributed by atoms with Crippen LogP contribution >= 0.6 is 22.6 Å². The van der Waals surface area contributed by atoms with Crippen molar-refractivity contribution in [1.82, 2.24) is 4.90 Å². The lowest BCUT2D eigenvalue weighted by molar-refractivity contribution is 0.0794. The van der Waals surface area contributed by atoms with E-state index in [2.05, 4.69) is 29.2 Å². The Labute approximate surface area is 116 Å². The molecule has 0 atom stereocenters. The van der Waals surface area contributed by atoms with Crippen molar-refractivity contribution in [2.24, 2.45) is 0 Å². The Morgan fingerprint density at radius 2 is 2.29 bits per heavy atom. The summed E-state index contributed by atoms with van der Waals surface area (Å²) in [5.41, 5.74) is 7.11. The molecule has 17 heavy (non-hydrogen) atoms. The number of anilines is 1. The second-order valence-corrected chi connectivity index (χ2v) is 5.06. The summed E-state index contributed by atoms with van der Waals surface area (Å²) < 4.78 is 0.910. The van der Waals surface area contributed by atoms with E-state index < -0.39 is 0 Å². The second-order valence-electron chi connectivity index (χ2n) is 3.89. The quantitative estimate of drug-likeness (QED) is 0.386. The number of hydrogen-bond donors (Lipinski definition) is 1. The van der Waals surface area contributed by atoms with E-state index in [1.54, 1.807) is 17.0 Å². The minimum Gasteiger partial charge on any atom is -0.398 e. The van der Waals surface area contributed by atoms with Crippen molar-refractivity contribution in [3.05, 3.63) is 40.0 Å². The molecule has 0 spiro atoms. The predicted molar refractivity (Wildman–Crippen MR) is 80.0 cm³/mol. The molecule has 92 valence electrons. The SMILES string of the molecule is C=CCCCN(C)C(=O)c1ccc(N)c(I)c1. The highest BCUT2D eigenvalue weighted by Crippen LogP contribution is 2.17. The minimum absolute atomic E-state index is 0.0342. The Morgan fingerprint density at radius 1 is 1.59 bits per heavy atom. The molecule has 0 aliphatic carbocycles. The molecule has 0 aliphatic heterocycles. The van der Waals surface area contributed by atoms with Gasteiger partial charge in [0.1, 0.15) is 0 Å². The third-order valence-electron chi connectivity index (χ3n) is 2.50. The van der Waals surface area contributed by atoms with Gasteiger partial charge >= 0.3 is 0 Å². The van der Waals surface area contributed by atoms with Crippen LogP contribution in [0.3, 0.4) is 0 Å². The van der Waals surface area contributed by atoms with Crippen LogP contribution in [0.4, 0.5) is 5.69 Å². The van der Waals surface area contributed by atoms with Crippen LogP contribution in [0.15, 0.2) is 30.9 Å². The fourth-order valence-corrected chi connectivity index (χ4v) is 1.97. The zero-order valence-corrected chi connectivity index (χ0v) is 12.1. The zero-order chi connectivity index (χ0) is 12.8. The molecule has 4 heteroatoms. The smallest absolute Gasteiger partial charge is 0.253 e. The van der Waals surface area contributed by atoms with Gasteiger partial charge in [0.05, 0.1) is 0 Å². The average molecular weight is 344 g/mol. The van der Waals surface area contributed by atoms with Crippen molar-refractivity contribution in [3.63, 3.8) is 0 Å². The Kier molecular flexibility index (Phi) is 5.47. The van der Waals surface area contributed by atoms with Gasteiger partial charge in [0.15, 0.2) is 0 Å². The lowest BCUT2D eigenvalue weighted by Crippen LogP contribution is -2.27. The minimum atomic E-state index is 0.0342. The number of hydrogen-bond acceptors (Lipinski definition) is 2. The zero-order valence-electron chi connectivity index (χ0n) is 9.95. The molecule has 1 aromatic rings. The summed E-state index contributed by atoms with van der Waals surface area (Å²) in [5, 5.41) is 0. The van der Waals surface area contributed by atoms with Crippen LogP contribution in [0.5, 0.6) is 0 Å². The summed E-state index contributed by atoms with van der Waals surface area (Å²) >= 11 is 2.13. The Balaban J connectivity index is 2.68. The number of nitrogens with zero attached hydrogens (tertiary/aromatic N) is 1. The maximum atomic E-state index is 12.1. The molecule has 1 aromatic carbocycles. The highest BCUT2D eigenvalue weighted by molar-refractivity contribution is 14.1. The van der Waals surface area contributed by atoms with Crippen LogP contribution in [0.2, 0.25) is 0 Å². The van der Waals surface area contributed by atoms with E-state index in [4.69, 9.17) is 5.73 Å². The lowest BCUT2D eigenvalue weighted by atomic mass is 10.2. The predicted octanol–water partition coefficient (Wildman–Crippen LogP) is 2.91. The molecule has 0 heterocycles. The molecule has 2 N–H and O–H groups in total. The fourth-order valence-electron chi connectivity index (χ4n) is 1.45. The van der Waals surface area contributed by atoms with Crippen LogP contribution < -0.4 is 5.73 Å². The van der Waals surface area contributed by atoms with E-state index in [0.717, 1.165) is 23.0 Å². The molecule has 0 bridgehead atoms. The highest BCUT2D eigenvalue weighted by atomic mass is 127. The van der Waals surface area contributed by atoms with E-state index in [1.807, 2.05) is 19.2 Å². The molecule has 0 unspecified atom stereocenters. The van der Waals surface area contributed by atoms with Crippen LogP contribution in [-0.2, 0) is 0 Å². The van der Waals surface area contributed by atoms with E-state index in [0.29, 0.717) is 11.3 Å². The molecular formula is C13H17IN2O. The molecule has 0 aliphatic rings. The Bertz CT molecular complexity index is 418. The van der Waals surface area contributed by atoms with Crippen molar-refractivity contribution in [3.8, 4) is 0 Å². The second kappa shape index (κ2) is 6.64. The first-order valence-corrected chi connectivity index (χ1v) is 6.55. The van der Waals surface area contributed by atoms with Crippen molar-refractivity contribution < 1.29 is 4.79 Å². The molecule has 0 saturated heterocycles. The third-order valence-corrected chi connectivity index (χ3v) is 3.43. The summed E-state index contributed by atoms with van der Waals surface area (Å²) in [4.78, 5) is 13.8. The Morgan fingerprint density at radius 3 is 2.88 bits per heavy atom. The molecule has 0 fully saturated rings. The summed E-state index contributed by atoms with van der Waals surface area (Å²) in [7, 11) is 1.81. The first-order chi connectivity index (χ1) is 8.06. The number of allylic oxidation sites excluding steroid dienone is 1. The molecular weight excluding hydrogens is 327 g/mol. The number of benzene rings is 1. The number of carbonyl (C=O) groups is 1. The first kappa shape index (κ1) is 14.0. The van der Waals surface area contributed by atoms with Gasteiger partial charge in [-0.1, -0.05) is 6.08 Å². The topological polar surface area (TPSA) is 46.3 Å². The molecule has 0 radical (unpaired) electrons. The summed E-state index contributed by atoms with van der Waals surface area (Å²) in [6, 6.07) is 5.36. The molecule has 0 saturated carbocycles. The van der Waals surface area contributed by atoms with Gasteiger partial charge in [-0.15, -0.1) is 6.58 Å². The molecule has 1 amide bonds. The van der Waals surface area contributed by atoms with Gasteiger partial charge in [0.25, 0.3) is 5.91 Å². The molecule has 0 aromatic heterocycles. The van der Waals surface area contributed by atoms with E-state index in [1.165, 1.54) is 0 Å². The fraction of sp³-hybridized carbons (Fsp3) is 0.308. The lowest BCUT2D eigenvalue weighted by Gasteiger charge is -2.17. The van der Waals surface area contributed by atoms with Crippen molar-refractivity contribution >= 4 is 34.2 Å². The van der Waals surface area contributed by atoms with Gasteiger partial charge in [-0.25, -0.2) is 0 Å². The Hall–Kier alpha value is -1.04. The molecule has 3 nitrogen and oxygen atoms in total. The van der Waals surface area contributed by atoms with E-state index in [9.17, 15) is 4.79 Å². The van der Waals surface area contributed by atoms with Crippen molar-refractivity contribution in [1.29, 1.82) is 0 Å². The standard InChI is InChI=1S/C13H17IN2O/c1-3-4-5-8-16(2)13(17)10-6-7-12(15)11(14)9-10/h3,6-7,9H,1,4-5,8,15H2,2H3. The number of nitrogens with two attached hydrogens (primary N) is 1. The largest absolute Gasteiger partial charge is 0.398 e. The van der Waals surface area contributed by atoms with Gasteiger partial charge in [-0.3, -0.25) is 4.79 Å². The summed E-state index contributed by atoms with van der Waals surface area (Å²) in [5.74, 6) is 0.0342. The number of halogens is 1. The van der Waals surface area contributed by atoms with Gasteiger partial charge in [0, 0.05) is 28.4 Å². The summed E-state index contributed by atoms with van der Waals surface area (Å²) in [6.07, 6.45) is 3.74. The van der Waals surface area contributed by atoms with Crippen LogP contribution in [-0.4, -0.2) is 24.4 Å². The number of amides is 1. The van der Waals surface area contributed by atoms with Gasteiger partial charge < -0.3 is 10.6 Å². The van der Waals surface area contributed by atoms with Crippen LogP contribution in [0, 0.1) is 3.57 Å². The first-order valence-electron chi connectivity index (χ1n) is 5.47. The number of unbranched alkanes of at least 4 members (excludes halogenated alkanes) is 1. The monoisotopic (exact) mass is 344 g/mol. The summed E-state index contributed by atoms with van der Waals surface area (Å²) in [6.45, 7) is 4.41. The van der Waals surface area contributed by atoms with Gasteiger partial charge in [0.2, 0.25) is 0 Å². The van der Waals surface area contributed by atoms with Gasteiger partial charge in [-0.2, -0.15) is 0 Å². The third kappa shape index (κ3) is 4.03. The van der Waals surface area contributed by atoms with Crippen molar-refractivity contribution in [2.75, 3.05) is 19.3 Å². The normalized spacial score (nSPS) is 10.0. The number of nitrogen functional groups attached to an aromatic ring is 1. The maximum Gasteiger partial charge on any atom is 0.253 e.